The lowest BCUT2D eigenvalue weighted by molar-refractivity contribution is -0.122. The molecule has 0 radical (unpaired) electrons. The van der Waals surface area contributed by atoms with E-state index in [1.807, 2.05) is 0 Å². The Bertz CT molecular complexity index is 567. The molecule has 1 rings (SSSR count). The summed E-state index contributed by atoms with van der Waals surface area (Å²) < 4.78 is 28.3. The predicted octanol–water partition coefficient (Wildman–Crippen LogP) is 7.35. The topological polar surface area (TPSA) is 58.2 Å². The molecule has 1 aliphatic rings. The van der Waals surface area contributed by atoms with Crippen LogP contribution in [0.1, 0.15) is 123 Å². The van der Waals surface area contributed by atoms with Gasteiger partial charge in [-0.3, -0.25) is 9.59 Å². The number of amides is 2. The number of hydrogen-bond acceptors (Lipinski definition) is 2. The minimum Gasteiger partial charge on any atom is -0.345 e. The maximum atomic E-state index is 14.2. The van der Waals surface area contributed by atoms with E-state index >= 15 is 0 Å². The molecule has 4 nitrogen and oxygen atoms in total. The van der Waals surface area contributed by atoms with Crippen molar-refractivity contribution in [3.05, 3.63) is 23.8 Å². The van der Waals surface area contributed by atoms with Crippen LogP contribution in [0.15, 0.2) is 23.8 Å². The van der Waals surface area contributed by atoms with Crippen LogP contribution >= 0.6 is 0 Å². The Morgan fingerprint density at radius 1 is 0.667 bits per heavy atom. The average molecular weight is 469 g/mol. The lowest BCUT2D eigenvalue weighted by atomic mass is 10.1. The molecule has 0 spiro atoms. The standard InChI is InChI=1S/C27H46F2N2O2/c1-3-5-7-9-11-13-15-18-22(28)26(32)30-24-20-17-21-25(24)31-27(33)23(29)19-16-14-12-10-8-6-4-2/h18-19,24-25H,3-17,20-21H2,1-2H3,(H,30,32)(H,31,33)/b22-18-,23-19-/t24-,25+. The molecule has 0 aromatic heterocycles. The smallest absolute Gasteiger partial charge is 0.279 e. The van der Waals surface area contributed by atoms with Crippen molar-refractivity contribution in [2.24, 2.45) is 0 Å². The highest BCUT2D eigenvalue weighted by atomic mass is 19.1. The zero-order valence-corrected chi connectivity index (χ0v) is 20.9. The number of halogens is 2. The van der Waals surface area contributed by atoms with Gasteiger partial charge in [-0.2, -0.15) is 0 Å². The third-order valence-electron chi connectivity index (χ3n) is 6.35. The van der Waals surface area contributed by atoms with Gasteiger partial charge < -0.3 is 10.6 Å². The summed E-state index contributed by atoms with van der Waals surface area (Å²) in [5.41, 5.74) is 0. The molecule has 0 heterocycles. The van der Waals surface area contributed by atoms with Crippen LogP contribution in [-0.2, 0) is 9.59 Å². The number of hydrogen-bond donors (Lipinski definition) is 2. The highest BCUT2D eigenvalue weighted by Crippen LogP contribution is 2.21. The fraction of sp³-hybridized carbons (Fsp3) is 0.778. The molecule has 1 aliphatic carbocycles. The SMILES string of the molecule is CCCCCCCC/C=C(\F)C(=O)N[C@H]1CCC[C@H]1NC(=O)/C(F)=C/CCCCCCCC. The zero-order valence-electron chi connectivity index (χ0n) is 20.9. The zero-order chi connectivity index (χ0) is 24.3. The summed E-state index contributed by atoms with van der Waals surface area (Å²) in [5, 5.41) is 5.36. The van der Waals surface area contributed by atoms with E-state index in [1.54, 1.807) is 0 Å². The van der Waals surface area contributed by atoms with Crippen molar-refractivity contribution in [2.45, 2.75) is 135 Å². The number of carbonyl (C=O) groups excluding carboxylic acids is 2. The Morgan fingerprint density at radius 2 is 1.03 bits per heavy atom. The molecule has 0 bridgehead atoms. The molecule has 2 atom stereocenters. The number of carbonyl (C=O) groups is 2. The van der Waals surface area contributed by atoms with Crippen molar-refractivity contribution in [1.82, 2.24) is 10.6 Å². The molecule has 0 aliphatic heterocycles. The number of rotatable bonds is 18. The number of unbranched alkanes of at least 4 members (excludes halogenated alkanes) is 12. The molecule has 33 heavy (non-hydrogen) atoms. The molecule has 0 aromatic carbocycles. The Kier molecular flexibility index (Phi) is 16.6. The molecule has 1 saturated carbocycles. The second-order valence-electron chi connectivity index (χ2n) is 9.31. The number of nitrogens with one attached hydrogen (secondary N) is 2. The van der Waals surface area contributed by atoms with Gasteiger partial charge in [0.2, 0.25) is 0 Å². The first-order chi connectivity index (χ1) is 16.0. The molecule has 6 heteroatoms. The number of allylic oxidation sites excluding steroid dienone is 2. The summed E-state index contributed by atoms with van der Waals surface area (Å²) in [7, 11) is 0. The van der Waals surface area contributed by atoms with Gasteiger partial charge in [0.1, 0.15) is 0 Å². The van der Waals surface area contributed by atoms with E-state index in [0.717, 1.165) is 44.9 Å². The Labute approximate surface area is 200 Å². The van der Waals surface area contributed by atoms with Gasteiger partial charge in [0.25, 0.3) is 11.8 Å². The van der Waals surface area contributed by atoms with E-state index < -0.39 is 23.5 Å². The van der Waals surface area contributed by atoms with E-state index in [4.69, 9.17) is 0 Å². The van der Waals surface area contributed by atoms with Crippen molar-refractivity contribution in [3.8, 4) is 0 Å². The highest BCUT2D eigenvalue weighted by Gasteiger charge is 2.31. The molecule has 0 aromatic rings. The van der Waals surface area contributed by atoms with Gasteiger partial charge in [-0.1, -0.05) is 78.1 Å². The van der Waals surface area contributed by atoms with Crippen molar-refractivity contribution >= 4 is 11.8 Å². The van der Waals surface area contributed by atoms with Crippen molar-refractivity contribution in [3.63, 3.8) is 0 Å². The van der Waals surface area contributed by atoms with Gasteiger partial charge in [0, 0.05) is 12.1 Å². The summed E-state index contributed by atoms with van der Waals surface area (Å²) in [4.78, 5) is 24.4. The molecule has 2 N–H and O–H groups in total. The van der Waals surface area contributed by atoms with Crippen LogP contribution in [0, 0.1) is 0 Å². The minimum atomic E-state index is -0.773. The Hall–Kier alpha value is -1.72. The van der Waals surface area contributed by atoms with Crippen LogP contribution in [0.4, 0.5) is 8.78 Å². The Morgan fingerprint density at radius 3 is 1.42 bits per heavy atom. The summed E-state index contributed by atoms with van der Waals surface area (Å²) in [6.07, 6.45) is 19.2. The van der Waals surface area contributed by atoms with Gasteiger partial charge in [-0.25, -0.2) is 8.78 Å². The molecular weight excluding hydrogens is 422 g/mol. The maximum absolute atomic E-state index is 14.2. The van der Waals surface area contributed by atoms with Gasteiger partial charge in [0.05, 0.1) is 0 Å². The molecule has 190 valence electrons. The summed E-state index contributed by atoms with van der Waals surface area (Å²) in [6, 6.07) is -0.748. The van der Waals surface area contributed by atoms with E-state index in [2.05, 4.69) is 24.5 Å². The summed E-state index contributed by atoms with van der Waals surface area (Å²) in [6.45, 7) is 4.34. The summed E-state index contributed by atoms with van der Waals surface area (Å²) in [5.74, 6) is -3.03. The normalized spacial score (nSPS) is 19.0. The largest absolute Gasteiger partial charge is 0.345 e. The highest BCUT2D eigenvalue weighted by molar-refractivity contribution is 5.92. The minimum absolute atomic E-state index is 0.374. The van der Waals surface area contributed by atoms with Gasteiger partial charge in [-0.15, -0.1) is 0 Å². The van der Waals surface area contributed by atoms with Crippen LogP contribution in [0.25, 0.3) is 0 Å². The fourth-order valence-corrected chi connectivity index (χ4v) is 4.27. The van der Waals surface area contributed by atoms with E-state index in [1.165, 1.54) is 50.7 Å². The molecule has 2 amide bonds. The lowest BCUT2D eigenvalue weighted by Crippen LogP contribution is -2.48. The van der Waals surface area contributed by atoms with Crippen molar-refractivity contribution in [1.29, 1.82) is 0 Å². The van der Waals surface area contributed by atoms with Crippen molar-refractivity contribution < 1.29 is 18.4 Å². The molecular formula is C27H46F2N2O2. The van der Waals surface area contributed by atoms with Gasteiger partial charge in [0.15, 0.2) is 11.7 Å². The van der Waals surface area contributed by atoms with Crippen LogP contribution < -0.4 is 10.6 Å². The third-order valence-corrected chi connectivity index (χ3v) is 6.35. The lowest BCUT2D eigenvalue weighted by Gasteiger charge is -2.21. The fourth-order valence-electron chi connectivity index (χ4n) is 4.27. The Balaban J connectivity index is 2.34. The second-order valence-corrected chi connectivity index (χ2v) is 9.31. The van der Waals surface area contributed by atoms with Crippen LogP contribution in [-0.4, -0.2) is 23.9 Å². The summed E-state index contributed by atoms with van der Waals surface area (Å²) >= 11 is 0. The molecule has 1 fully saturated rings. The van der Waals surface area contributed by atoms with Gasteiger partial charge in [-0.05, 0) is 57.1 Å². The quantitative estimate of drug-likeness (QED) is 0.163. The van der Waals surface area contributed by atoms with E-state index in [-0.39, 0.29) is 12.1 Å². The van der Waals surface area contributed by atoms with E-state index in [0.29, 0.717) is 25.7 Å². The van der Waals surface area contributed by atoms with E-state index in [9.17, 15) is 18.4 Å². The van der Waals surface area contributed by atoms with Crippen molar-refractivity contribution in [2.75, 3.05) is 0 Å². The first-order valence-corrected chi connectivity index (χ1v) is 13.3. The first-order valence-electron chi connectivity index (χ1n) is 13.3. The van der Waals surface area contributed by atoms with Crippen LogP contribution in [0.3, 0.4) is 0 Å². The maximum Gasteiger partial charge on any atom is 0.279 e. The van der Waals surface area contributed by atoms with Crippen LogP contribution in [0.5, 0.6) is 0 Å². The second kappa shape index (κ2) is 18.7. The molecule has 0 unspecified atom stereocenters. The third kappa shape index (κ3) is 13.5. The van der Waals surface area contributed by atoms with Gasteiger partial charge >= 0.3 is 0 Å². The first kappa shape index (κ1) is 29.3. The van der Waals surface area contributed by atoms with Crippen LogP contribution in [0.2, 0.25) is 0 Å². The average Bonchev–Trinajstić information content (AvgIpc) is 3.23. The monoisotopic (exact) mass is 468 g/mol. The predicted molar refractivity (Wildman–Crippen MR) is 132 cm³/mol. The molecule has 0 saturated heterocycles.